The lowest BCUT2D eigenvalue weighted by atomic mass is 10.0. The second-order valence-corrected chi connectivity index (χ2v) is 14.7. The molecule has 0 saturated carbocycles. The van der Waals surface area contributed by atoms with Crippen LogP contribution in [0.2, 0.25) is 10.0 Å². The van der Waals surface area contributed by atoms with Gasteiger partial charge in [-0.05, 0) is 113 Å². The second kappa shape index (κ2) is 16.7. The summed E-state index contributed by atoms with van der Waals surface area (Å²) in [6, 6.07) is 13.0. The summed E-state index contributed by atoms with van der Waals surface area (Å²) in [5.74, 6) is -3.15. The number of carbonyl (C=O) groups is 4. The fraction of sp³-hybridized carbons (Fsp3) is 0.176. The van der Waals surface area contributed by atoms with Crippen molar-refractivity contribution in [2.75, 3.05) is 7.11 Å². The van der Waals surface area contributed by atoms with Gasteiger partial charge in [-0.3, -0.25) is 9.59 Å². The van der Waals surface area contributed by atoms with Gasteiger partial charge in [0.05, 0.1) is 29.7 Å². The first kappa shape index (κ1) is 38.5. The number of aromatic hydroxyl groups is 2. The Morgan fingerprint density at radius 1 is 0.941 bits per heavy atom. The first-order valence-corrected chi connectivity index (χ1v) is 18.2. The van der Waals surface area contributed by atoms with Crippen molar-refractivity contribution >= 4 is 102 Å². The van der Waals surface area contributed by atoms with Gasteiger partial charge in [0, 0.05) is 6.42 Å². The molecular formula is C34H26Br2Cl2IN3O9. The Morgan fingerprint density at radius 3 is 2.22 bits per heavy atom. The Hall–Kier alpha value is -3.77. The Bertz CT molecular complexity index is 1980. The van der Waals surface area contributed by atoms with E-state index in [9.17, 15) is 29.4 Å². The molecule has 0 aliphatic carbocycles. The number of esters is 1. The lowest BCUT2D eigenvalue weighted by Crippen LogP contribution is -2.50. The number of rotatable bonds is 5. The lowest BCUT2D eigenvalue weighted by Gasteiger charge is -2.26. The van der Waals surface area contributed by atoms with Crippen molar-refractivity contribution in [3.63, 3.8) is 0 Å². The van der Waals surface area contributed by atoms with Crippen molar-refractivity contribution in [3.05, 3.63) is 112 Å². The van der Waals surface area contributed by atoms with Crippen molar-refractivity contribution < 1.29 is 43.6 Å². The summed E-state index contributed by atoms with van der Waals surface area (Å²) in [5, 5.41) is 28.6. The molecule has 0 radical (unpaired) electrons. The SMILES string of the molecule is COC(=O)[C@@H]1Cc2cc(Br)c(c(Br)c2)Oc2cc(cc(I)c2O)[C@@H](NC(=O)OCc2ccccc2)C(=O)N[C@H](c2cc(Cl)c(O)c(Cl)c2)C(=O)N1. The number of phenolic OH excluding ortho intramolecular Hbond substituents is 2. The third-order valence-electron chi connectivity index (χ3n) is 7.55. The van der Waals surface area contributed by atoms with E-state index in [1.807, 2.05) is 22.6 Å². The van der Waals surface area contributed by atoms with Gasteiger partial charge in [-0.15, -0.1) is 0 Å². The molecule has 266 valence electrons. The number of nitrogens with one attached hydrogen (secondary N) is 3. The maximum absolute atomic E-state index is 14.3. The number of amides is 3. The van der Waals surface area contributed by atoms with Crippen LogP contribution in [0.25, 0.3) is 0 Å². The highest BCUT2D eigenvalue weighted by Crippen LogP contribution is 2.43. The zero-order valence-electron chi connectivity index (χ0n) is 26.1. The van der Waals surface area contributed by atoms with Crippen LogP contribution >= 0.6 is 77.7 Å². The second-order valence-electron chi connectivity index (χ2n) is 11.0. The third kappa shape index (κ3) is 9.18. The molecule has 4 aromatic rings. The van der Waals surface area contributed by atoms with E-state index in [-0.39, 0.29) is 55.0 Å². The summed E-state index contributed by atoms with van der Waals surface area (Å²) in [5.41, 5.74) is 1.41. The van der Waals surface area contributed by atoms with Gasteiger partial charge >= 0.3 is 12.1 Å². The van der Waals surface area contributed by atoms with Crippen LogP contribution in [-0.4, -0.2) is 47.2 Å². The lowest BCUT2D eigenvalue weighted by molar-refractivity contribution is -0.145. The van der Waals surface area contributed by atoms with E-state index in [0.717, 1.165) is 7.11 Å². The van der Waals surface area contributed by atoms with E-state index in [1.54, 1.807) is 42.5 Å². The molecule has 0 unspecified atom stereocenters. The predicted molar refractivity (Wildman–Crippen MR) is 202 cm³/mol. The molecule has 17 heteroatoms. The minimum atomic E-state index is -1.59. The number of benzene rings is 4. The molecule has 3 amide bonds. The van der Waals surface area contributed by atoms with E-state index >= 15 is 0 Å². The Balaban J connectivity index is 1.65. The normalized spacial score (nSPS) is 17.5. The number of hydrogen-bond acceptors (Lipinski definition) is 9. The summed E-state index contributed by atoms with van der Waals surface area (Å²) >= 11 is 21.2. The maximum atomic E-state index is 14.3. The molecule has 5 N–H and O–H groups in total. The van der Waals surface area contributed by atoms with E-state index < -0.39 is 47.8 Å². The van der Waals surface area contributed by atoms with Gasteiger partial charge in [0.25, 0.3) is 0 Å². The van der Waals surface area contributed by atoms with E-state index in [2.05, 4.69) is 47.8 Å². The van der Waals surface area contributed by atoms with Crippen LogP contribution in [0.4, 0.5) is 4.79 Å². The minimum Gasteiger partial charge on any atom is -0.505 e. The van der Waals surface area contributed by atoms with Gasteiger partial charge in [0.15, 0.2) is 23.0 Å². The zero-order chi connectivity index (χ0) is 37.0. The highest BCUT2D eigenvalue weighted by Gasteiger charge is 2.34. The molecule has 0 fully saturated rings. The van der Waals surface area contributed by atoms with Crippen LogP contribution in [0, 0.1) is 3.57 Å². The summed E-state index contributed by atoms with van der Waals surface area (Å²) in [6.07, 6.45) is -1.05. The Morgan fingerprint density at radius 2 is 1.59 bits per heavy atom. The fourth-order valence-corrected chi connectivity index (χ4v) is 7.64. The Labute approximate surface area is 331 Å². The molecule has 2 aliphatic heterocycles. The highest BCUT2D eigenvalue weighted by atomic mass is 127. The third-order valence-corrected chi connectivity index (χ3v) is 10.1. The number of halogens is 5. The zero-order valence-corrected chi connectivity index (χ0v) is 33.0. The van der Waals surface area contributed by atoms with Crippen LogP contribution < -0.4 is 20.7 Å². The van der Waals surface area contributed by atoms with Crippen molar-refractivity contribution in [3.8, 4) is 23.0 Å². The van der Waals surface area contributed by atoms with Gasteiger partial charge in [0.1, 0.15) is 24.7 Å². The molecule has 0 spiro atoms. The van der Waals surface area contributed by atoms with Crippen LogP contribution in [0.15, 0.2) is 75.7 Å². The topological polar surface area (TPSA) is 173 Å². The van der Waals surface area contributed by atoms with Gasteiger partial charge in [-0.1, -0.05) is 53.5 Å². The van der Waals surface area contributed by atoms with Crippen LogP contribution in [-0.2, 0) is 36.9 Å². The average molecular weight is 978 g/mol. The minimum absolute atomic E-state index is 0.0305. The summed E-state index contributed by atoms with van der Waals surface area (Å²) in [4.78, 5) is 54.5. The summed E-state index contributed by atoms with van der Waals surface area (Å²) in [7, 11) is 1.16. The molecular weight excluding hydrogens is 952 g/mol. The summed E-state index contributed by atoms with van der Waals surface area (Å²) < 4.78 is 17.6. The van der Waals surface area contributed by atoms with Crippen LogP contribution in [0.1, 0.15) is 34.3 Å². The molecule has 4 aromatic carbocycles. The fourth-order valence-electron chi connectivity index (χ4n) is 5.06. The first-order valence-electron chi connectivity index (χ1n) is 14.8. The largest absolute Gasteiger partial charge is 0.505 e. The number of ether oxygens (including phenoxy) is 3. The quantitative estimate of drug-likeness (QED) is 0.101. The van der Waals surface area contributed by atoms with Gasteiger partial charge in [-0.25, -0.2) is 9.59 Å². The number of phenols is 2. The molecule has 12 nitrogen and oxygen atoms in total. The molecule has 51 heavy (non-hydrogen) atoms. The number of hydrogen-bond donors (Lipinski definition) is 5. The van der Waals surface area contributed by atoms with Crippen LogP contribution in [0.3, 0.4) is 0 Å². The van der Waals surface area contributed by atoms with Crippen LogP contribution in [0.5, 0.6) is 23.0 Å². The molecule has 3 atom stereocenters. The molecule has 4 bridgehead atoms. The van der Waals surface area contributed by atoms with Crippen molar-refractivity contribution in [2.24, 2.45) is 0 Å². The predicted octanol–water partition coefficient (Wildman–Crippen LogP) is 7.37. The number of methoxy groups -OCH3 is 1. The number of fused-ring (bicyclic) bond motifs is 9. The molecule has 2 aliphatic rings. The van der Waals surface area contributed by atoms with E-state index in [4.69, 9.17) is 37.4 Å². The molecule has 0 saturated heterocycles. The van der Waals surface area contributed by atoms with Gasteiger partial charge < -0.3 is 40.4 Å². The smallest absolute Gasteiger partial charge is 0.408 e. The van der Waals surface area contributed by atoms with Crippen molar-refractivity contribution in [2.45, 2.75) is 31.2 Å². The highest BCUT2D eigenvalue weighted by molar-refractivity contribution is 14.1. The number of alkyl carbamates (subject to hydrolysis) is 1. The molecule has 2 heterocycles. The molecule has 6 rings (SSSR count). The van der Waals surface area contributed by atoms with Crippen molar-refractivity contribution in [1.29, 1.82) is 0 Å². The molecule has 0 aromatic heterocycles. The van der Waals surface area contributed by atoms with E-state index in [0.29, 0.717) is 20.1 Å². The summed E-state index contributed by atoms with van der Waals surface area (Å²) in [6.45, 7) is -0.120. The van der Waals surface area contributed by atoms with E-state index in [1.165, 1.54) is 24.3 Å². The monoisotopic (exact) mass is 975 g/mol. The standard InChI is InChI=1S/C34H26Br2Cl2IN3O9/c1-49-33(47)24-9-16-7-19(35)30(20(36)8-16)51-25-13-18(12-23(39)29(25)44)27(42-34(48)50-14-15-5-3-2-4-6-15)32(46)41-26(31(45)40-24)17-10-21(37)28(43)22(38)11-17/h2-8,10-13,24,26-27,43-44H,9,14H2,1H3,(H,40,45)(H,41,46)(H,42,48)/t24-,26+,27+/m0/s1. The number of carbonyl (C=O) groups excluding carboxylic acids is 4. The van der Waals surface area contributed by atoms with Gasteiger partial charge in [0.2, 0.25) is 11.8 Å². The average Bonchev–Trinajstić information content (AvgIpc) is 3.09. The maximum Gasteiger partial charge on any atom is 0.408 e. The Kier molecular flexibility index (Phi) is 12.6. The first-order chi connectivity index (χ1) is 24.2. The van der Waals surface area contributed by atoms with Gasteiger partial charge in [-0.2, -0.15) is 0 Å². The van der Waals surface area contributed by atoms with Crippen molar-refractivity contribution in [1.82, 2.24) is 16.0 Å².